The number of amides is 1. The van der Waals surface area contributed by atoms with Crippen molar-refractivity contribution in [3.8, 4) is 5.75 Å². The Balaban J connectivity index is 2.26. The number of carbonyl (C=O) groups excluding carboxylic acids is 1. The normalized spacial score (nSPS) is 11.9. The number of hydrogen-bond acceptors (Lipinski definition) is 3. The van der Waals surface area contributed by atoms with Gasteiger partial charge in [-0.3, -0.25) is 14.6 Å². The van der Waals surface area contributed by atoms with Crippen LogP contribution in [-0.4, -0.2) is 15.7 Å². The zero-order chi connectivity index (χ0) is 18.8. The molecular formula is C14H10BrF3NO5P. The van der Waals surface area contributed by atoms with Gasteiger partial charge in [0.2, 0.25) is 0 Å². The molecule has 3 N–H and O–H groups in total. The standard InChI is InChI=1S/C14H10BrF3NO5P/c15-9-3-6-12(24-25(21,22)23)11(7-9)13(20)19-10-4-1-8(2-5-10)14(16,17)18/h1-7H,(H,19,20)(H2,21,22,23). The first-order chi connectivity index (χ1) is 11.5. The van der Waals surface area contributed by atoms with E-state index in [1.807, 2.05) is 0 Å². The highest BCUT2D eigenvalue weighted by atomic mass is 79.9. The molecule has 0 heterocycles. The smallest absolute Gasteiger partial charge is 0.403 e. The van der Waals surface area contributed by atoms with E-state index in [0.29, 0.717) is 4.47 Å². The number of halogens is 4. The van der Waals surface area contributed by atoms with Crippen molar-refractivity contribution in [1.29, 1.82) is 0 Å². The van der Waals surface area contributed by atoms with E-state index in [4.69, 9.17) is 9.79 Å². The maximum atomic E-state index is 12.5. The van der Waals surface area contributed by atoms with E-state index in [9.17, 15) is 22.5 Å². The van der Waals surface area contributed by atoms with Gasteiger partial charge < -0.3 is 9.84 Å². The molecule has 11 heteroatoms. The van der Waals surface area contributed by atoms with Crippen molar-refractivity contribution in [2.75, 3.05) is 5.32 Å². The maximum Gasteiger partial charge on any atom is 0.524 e. The molecule has 0 unspecified atom stereocenters. The Hall–Kier alpha value is -1.87. The molecule has 0 aromatic heterocycles. The number of hydrogen-bond donors (Lipinski definition) is 3. The average Bonchev–Trinajstić information content (AvgIpc) is 2.47. The third kappa shape index (κ3) is 5.57. The van der Waals surface area contributed by atoms with Crippen molar-refractivity contribution in [2.45, 2.75) is 6.18 Å². The van der Waals surface area contributed by atoms with E-state index in [1.54, 1.807) is 0 Å². The molecule has 0 fully saturated rings. The molecule has 2 aromatic carbocycles. The predicted molar refractivity (Wildman–Crippen MR) is 86.2 cm³/mol. The van der Waals surface area contributed by atoms with Crippen LogP contribution in [0.5, 0.6) is 5.75 Å². The first kappa shape index (κ1) is 19.5. The van der Waals surface area contributed by atoms with Crippen molar-refractivity contribution >= 4 is 35.3 Å². The number of phosphoric ester groups is 1. The first-order valence-corrected chi connectivity index (χ1v) is 8.81. The van der Waals surface area contributed by atoms with Crippen molar-refractivity contribution in [3.05, 3.63) is 58.1 Å². The van der Waals surface area contributed by atoms with E-state index in [-0.39, 0.29) is 17.0 Å². The molecule has 2 rings (SSSR count). The fraction of sp³-hybridized carbons (Fsp3) is 0.0714. The summed E-state index contributed by atoms with van der Waals surface area (Å²) < 4.78 is 53.4. The molecule has 134 valence electrons. The van der Waals surface area contributed by atoms with Crippen LogP contribution < -0.4 is 9.84 Å². The van der Waals surface area contributed by atoms with E-state index < -0.39 is 25.5 Å². The molecule has 1 amide bonds. The third-order valence-corrected chi connectivity index (χ3v) is 3.80. The summed E-state index contributed by atoms with van der Waals surface area (Å²) in [7, 11) is -4.90. The second kappa shape index (κ2) is 7.17. The molecule has 0 spiro atoms. The number of carbonyl (C=O) groups is 1. The SMILES string of the molecule is O=C(Nc1ccc(C(F)(F)F)cc1)c1cc(Br)ccc1OP(=O)(O)O. The first-order valence-electron chi connectivity index (χ1n) is 6.49. The highest BCUT2D eigenvalue weighted by molar-refractivity contribution is 9.10. The van der Waals surface area contributed by atoms with Gasteiger partial charge >= 0.3 is 14.0 Å². The van der Waals surface area contributed by atoms with E-state index >= 15 is 0 Å². The molecule has 0 radical (unpaired) electrons. The second-order valence-electron chi connectivity index (χ2n) is 4.75. The summed E-state index contributed by atoms with van der Waals surface area (Å²) in [4.78, 5) is 30.0. The molecule has 0 saturated carbocycles. The Morgan fingerprint density at radius 1 is 1.12 bits per heavy atom. The van der Waals surface area contributed by atoms with Crippen molar-refractivity contribution in [2.24, 2.45) is 0 Å². The lowest BCUT2D eigenvalue weighted by Crippen LogP contribution is -2.14. The van der Waals surface area contributed by atoms with Crippen LogP contribution >= 0.6 is 23.8 Å². The quantitative estimate of drug-likeness (QED) is 0.620. The average molecular weight is 440 g/mol. The molecule has 0 atom stereocenters. The van der Waals surface area contributed by atoms with Gasteiger partial charge in [0.15, 0.2) is 0 Å². The Kier molecular flexibility index (Phi) is 5.58. The van der Waals surface area contributed by atoms with Crippen LogP contribution in [0, 0.1) is 0 Å². The minimum Gasteiger partial charge on any atom is -0.403 e. The Labute approximate surface area is 148 Å². The van der Waals surface area contributed by atoms with Gasteiger partial charge in [-0.25, -0.2) is 4.57 Å². The van der Waals surface area contributed by atoms with Gasteiger partial charge in [0.05, 0.1) is 11.1 Å². The molecule has 0 saturated heterocycles. The lowest BCUT2D eigenvalue weighted by Gasteiger charge is -2.13. The highest BCUT2D eigenvalue weighted by Crippen LogP contribution is 2.40. The zero-order valence-corrected chi connectivity index (χ0v) is 14.6. The Bertz CT molecular complexity index is 835. The summed E-state index contributed by atoms with van der Waals surface area (Å²) in [6.45, 7) is 0. The Morgan fingerprint density at radius 2 is 1.72 bits per heavy atom. The predicted octanol–water partition coefficient (Wildman–Crippen LogP) is 4.19. The van der Waals surface area contributed by atoms with Crippen LogP contribution in [0.15, 0.2) is 46.9 Å². The van der Waals surface area contributed by atoms with Crippen LogP contribution in [0.4, 0.5) is 18.9 Å². The number of alkyl halides is 3. The van der Waals surface area contributed by atoms with Gasteiger partial charge in [-0.2, -0.15) is 13.2 Å². The fourth-order valence-corrected chi connectivity index (χ4v) is 2.60. The van der Waals surface area contributed by atoms with Crippen molar-refractivity contribution in [3.63, 3.8) is 0 Å². The van der Waals surface area contributed by atoms with Crippen molar-refractivity contribution in [1.82, 2.24) is 0 Å². The molecule has 6 nitrogen and oxygen atoms in total. The molecule has 25 heavy (non-hydrogen) atoms. The summed E-state index contributed by atoms with van der Waals surface area (Å²) in [5, 5.41) is 2.33. The number of phosphoric acid groups is 1. The molecule has 0 aliphatic heterocycles. The van der Waals surface area contributed by atoms with Crippen molar-refractivity contribution < 1.29 is 36.8 Å². The fourth-order valence-electron chi connectivity index (χ4n) is 1.83. The lowest BCUT2D eigenvalue weighted by molar-refractivity contribution is -0.137. The van der Waals surface area contributed by atoms with Crippen LogP contribution in [0.1, 0.15) is 15.9 Å². The zero-order valence-electron chi connectivity index (χ0n) is 12.1. The van der Waals surface area contributed by atoms with Crippen LogP contribution in [-0.2, 0) is 10.7 Å². The Morgan fingerprint density at radius 3 is 2.24 bits per heavy atom. The van der Waals surface area contributed by atoms with Crippen LogP contribution in [0.25, 0.3) is 0 Å². The summed E-state index contributed by atoms with van der Waals surface area (Å²) in [6, 6.07) is 7.53. The third-order valence-electron chi connectivity index (χ3n) is 2.87. The van der Waals surface area contributed by atoms with Gasteiger partial charge in [0, 0.05) is 10.2 Å². The van der Waals surface area contributed by atoms with E-state index in [2.05, 4.69) is 25.8 Å². The number of rotatable bonds is 4. The number of nitrogens with one attached hydrogen (secondary N) is 1. The summed E-state index contributed by atoms with van der Waals surface area (Å²) in [5.74, 6) is -1.19. The second-order valence-corrected chi connectivity index (χ2v) is 6.83. The minimum atomic E-state index is -4.90. The topological polar surface area (TPSA) is 95.9 Å². The summed E-state index contributed by atoms with van der Waals surface area (Å²) in [5.41, 5.74) is -1.02. The largest absolute Gasteiger partial charge is 0.524 e. The minimum absolute atomic E-state index is 0.0695. The highest BCUT2D eigenvalue weighted by Gasteiger charge is 2.30. The van der Waals surface area contributed by atoms with E-state index in [1.165, 1.54) is 18.2 Å². The maximum absolute atomic E-state index is 12.5. The molecular weight excluding hydrogens is 430 g/mol. The monoisotopic (exact) mass is 439 g/mol. The summed E-state index contributed by atoms with van der Waals surface area (Å²) >= 11 is 3.11. The molecule has 0 aliphatic rings. The van der Waals surface area contributed by atoms with Gasteiger partial charge in [0.25, 0.3) is 5.91 Å². The molecule has 2 aromatic rings. The van der Waals surface area contributed by atoms with E-state index in [0.717, 1.165) is 24.3 Å². The summed E-state index contributed by atoms with van der Waals surface area (Å²) in [6.07, 6.45) is -4.50. The van der Waals surface area contributed by atoms with Gasteiger partial charge in [-0.1, -0.05) is 15.9 Å². The number of anilines is 1. The van der Waals surface area contributed by atoms with Gasteiger partial charge in [-0.05, 0) is 42.5 Å². The van der Waals surface area contributed by atoms with Crippen LogP contribution in [0.3, 0.4) is 0 Å². The van der Waals surface area contributed by atoms with Gasteiger partial charge in [0.1, 0.15) is 5.75 Å². The number of benzene rings is 2. The van der Waals surface area contributed by atoms with Crippen LogP contribution in [0.2, 0.25) is 0 Å². The molecule has 0 aliphatic carbocycles. The van der Waals surface area contributed by atoms with Gasteiger partial charge in [-0.15, -0.1) is 0 Å². The lowest BCUT2D eigenvalue weighted by atomic mass is 10.1. The molecule has 0 bridgehead atoms.